The molecule has 0 unspecified atom stereocenters. The van der Waals surface area contributed by atoms with E-state index in [0.717, 1.165) is 38.1 Å². The second-order valence-corrected chi connectivity index (χ2v) is 9.10. The van der Waals surface area contributed by atoms with Gasteiger partial charge in [-0.05, 0) is 81.4 Å². The Morgan fingerprint density at radius 2 is 1.67 bits per heavy atom. The molecule has 3 aromatic rings. The normalized spacial score (nSPS) is 14.3. The molecule has 1 fully saturated rings. The molecule has 0 aliphatic carbocycles. The lowest BCUT2D eigenvalue weighted by molar-refractivity contribution is 0.0922. The fourth-order valence-electron chi connectivity index (χ4n) is 3.93. The Morgan fingerprint density at radius 3 is 2.31 bits per heavy atom. The summed E-state index contributed by atoms with van der Waals surface area (Å²) in [6.07, 6.45) is 3.33. The summed E-state index contributed by atoms with van der Waals surface area (Å²) in [5.74, 6) is -1.55. The van der Waals surface area contributed by atoms with Crippen molar-refractivity contribution in [2.24, 2.45) is 5.92 Å². The van der Waals surface area contributed by atoms with E-state index in [9.17, 15) is 18.8 Å². The van der Waals surface area contributed by atoms with E-state index in [2.05, 4.69) is 37.9 Å². The standard InChI is InChI=1S/C25H26ClFN6O3/c1-33-10-8-15(9-11-33)13-28-24(35)21-22(30-14-29-21)25(36)32-18-5-3-17(4-6-18)31-23(34)19-7-2-16(27)12-20(19)26/h2-7,12,14-15H,8-11,13H2,1H3,(H,28,35)(H,29,30)(H,31,34)(H,32,36). The molecule has 1 saturated heterocycles. The number of imidazole rings is 1. The Morgan fingerprint density at radius 1 is 1.03 bits per heavy atom. The van der Waals surface area contributed by atoms with Crippen LogP contribution in [0.3, 0.4) is 0 Å². The number of piperidine rings is 1. The van der Waals surface area contributed by atoms with Crippen LogP contribution in [0.4, 0.5) is 15.8 Å². The zero-order valence-electron chi connectivity index (χ0n) is 19.6. The number of carbonyl (C=O) groups excluding carboxylic acids is 3. The number of amides is 3. The lowest BCUT2D eigenvalue weighted by Crippen LogP contribution is -2.37. The van der Waals surface area contributed by atoms with Crippen molar-refractivity contribution in [3.63, 3.8) is 0 Å². The van der Waals surface area contributed by atoms with Crippen LogP contribution in [0.1, 0.15) is 44.2 Å². The van der Waals surface area contributed by atoms with Crippen molar-refractivity contribution in [2.75, 3.05) is 37.3 Å². The van der Waals surface area contributed by atoms with Crippen LogP contribution < -0.4 is 16.0 Å². The van der Waals surface area contributed by atoms with Gasteiger partial charge in [-0.3, -0.25) is 14.4 Å². The molecular weight excluding hydrogens is 487 g/mol. The Balaban J connectivity index is 1.33. The van der Waals surface area contributed by atoms with E-state index in [0.29, 0.717) is 23.8 Å². The number of H-pyrrole nitrogens is 1. The fraction of sp³-hybridized carbons (Fsp3) is 0.280. The van der Waals surface area contributed by atoms with Crippen LogP contribution in [-0.2, 0) is 0 Å². The second kappa shape index (κ2) is 11.3. The number of carbonyl (C=O) groups is 3. The van der Waals surface area contributed by atoms with Gasteiger partial charge in [0, 0.05) is 17.9 Å². The molecule has 9 nitrogen and oxygen atoms in total. The molecule has 1 aliphatic rings. The minimum Gasteiger partial charge on any atom is -0.350 e. The number of nitrogens with one attached hydrogen (secondary N) is 4. The molecule has 1 aliphatic heterocycles. The monoisotopic (exact) mass is 512 g/mol. The number of aromatic amines is 1. The maximum atomic E-state index is 13.2. The van der Waals surface area contributed by atoms with Gasteiger partial charge in [-0.1, -0.05) is 11.6 Å². The van der Waals surface area contributed by atoms with Gasteiger partial charge in [0.15, 0.2) is 5.69 Å². The molecular formula is C25H26ClFN6O3. The largest absolute Gasteiger partial charge is 0.350 e. The topological polar surface area (TPSA) is 119 Å². The van der Waals surface area contributed by atoms with Crippen LogP contribution >= 0.6 is 11.6 Å². The zero-order valence-corrected chi connectivity index (χ0v) is 20.4. The van der Waals surface area contributed by atoms with Gasteiger partial charge in [-0.25, -0.2) is 9.37 Å². The molecule has 188 valence electrons. The lowest BCUT2D eigenvalue weighted by Gasteiger charge is -2.28. The first-order chi connectivity index (χ1) is 17.3. The molecule has 2 heterocycles. The Hall–Kier alpha value is -3.76. The number of rotatable bonds is 7. The highest BCUT2D eigenvalue weighted by atomic mass is 35.5. The highest BCUT2D eigenvalue weighted by molar-refractivity contribution is 6.34. The molecule has 0 saturated carbocycles. The van der Waals surface area contributed by atoms with Crippen molar-refractivity contribution in [1.82, 2.24) is 20.2 Å². The number of hydrogen-bond acceptors (Lipinski definition) is 5. The number of aromatic nitrogens is 2. The van der Waals surface area contributed by atoms with E-state index in [1.165, 1.54) is 12.4 Å². The summed E-state index contributed by atoms with van der Waals surface area (Å²) < 4.78 is 13.2. The van der Waals surface area contributed by atoms with Crippen LogP contribution in [0.5, 0.6) is 0 Å². The first-order valence-corrected chi connectivity index (χ1v) is 11.9. The smallest absolute Gasteiger partial charge is 0.274 e. The number of halogens is 2. The third-order valence-corrected chi connectivity index (χ3v) is 6.36. The second-order valence-electron chi connectivity index (χ2n) is 8.69. The molecule has 1 aromatic heterocycles. The maximum Gasteiger partial charge on any atom is 0.274 e. The third-order valence-electron chi connectivity index (χ3n) is 6.05. The maximum absolute atomic E-state index is 13.2. The molecule has 36 heavy (non-hydrogen) atoms. The van der Waals surface area contributed by atoms with Gasteiger partial charge < -0.3 is 25.8 Å². The highest BCUT2D eigenvalue weighted by Gasteiger charge is 2.23. The average Bonchev–Trinajstić information content (AvgIpc) is 3.35. The van der Waals surface area contributed by atoms with Gasteiger partial charge in [0.2, 0.25) is 0 Å². The third kappa shape index (κ3) is 6.27. The summed E-state index contributed by atoms with van der Waals surface area (Å²) in [6.45, 7) is 2.54. The summed E-state index contributed by atoms with van der Waals surface area (Å²) >= 11 is 5.93. The van der Waals surface area contributed by atoms with Crippen molar-refractivity contribution >= 4 is 40.7 Å². The molecule has 0 radical (unpaired) electrons. The molecule has 4 rings (SSSR count). The molecule has 4 N–H and O–H groups in total. The van der Waals surface area contributed by atoms with Crippen LogP contribution in [0.25, 0.3) is 0 Å². The average molecular weight is 513 g/mol. The molecule has 3 amide bonds. The Bertz CT molecular complexity index is 1250. The van der Waals surface area contributed by atoms with Gasteiger partial charge in [0.05, 0.1) is 16.9 Å². The van der Waals surface area contributed by atoms with Gasteiger partial charge in [0.25, 0.3) is 17.7 Å². The quantitative estimate of drug-likeness (QED) is 0.384. The summed E-state index contributed by atoms with van der Waals surface area (Å²) in [5, 5.41) is 8.26. The molecule has 2 aromatic carbocycles. The highest BCUT2D eigenvalue weighted by Crippen LogP contribution is 2.21. The molecule has 11 heteroatoms. The lowest BCUT2D eigenvalue weighted by atomic mass is 9.97. The number of hydrogen-bond donors (Lipinski definition) is 4. The fourth-order valence-corrected chi connectivity index (χ4v) is 4.18. The van der Waals surface area contributed by atoms with Crippen LogP contribution in [0.2, 0.25) is 5.02 Å². The minimum absolute atomic E-state index is 0.00197. The molecule has 0 spiro atoms. The molecule has 0 bridgehead atoms. The first kappa shape index (κ1) is 25.3. The zero-order chi connectivity index (χ0) is 25.7. The van der Waals surface area contributed by atoms with Crippen molar-refractivity contribution in [3.05, 3.63) is 76.6 Å². The first-order valence-electron chi connectivity index (χ1n) is 11.5. The number of anilines is 2. The van der Waals surface area contributed by atoms with Crippen molar-refractivity contribution < 1.29 is 18.8 Å². The van der Waals surface area contributed by atoms with Crippen molar-refractivity contribution in [3.8, 4) is 0 Å². The number of nitrogens with zero attached hydrogens (tertiary/aromatic N) is 2. The molecule has 0 atom stereocenters. The van der Waals surface area contributed by atoms with E-state index in [1.807, 2.05) is 0 Å². The summed E-state index contributed by atoms with van der Waals surface area (Å²) in [5.41, 5.74) is 1.12. The predicted octanol–water partition coefficient (Wildman–Crippen LogP) is 3.78. The number of benzene rings is 2. The number of likely N-dealkylation sites (tertiary alicyclic amines) is 1. The van der Waals surface area contributed by atoms with Crippen molar-refractivity contribution in [1.29, 1.82) is 0 Å². The van der Waals surface area contributed by atoms with E-state index in [-0.39, 0.29) is 22.0 Å². The van der Waals surface area contributed by atoms with E-state index in [1.54, 1.807) is 24.3 Å². The Labute approximate surface area is 212 Å². The predicted molar refractivity (Wildman–Crippen MR) is 135 cm³/mol. The SMILES string of the molecule is CN1CCC(CNC(=O)c2nc[nH]c2C(=O)Nc2ccc(NC(=O)c3ccc(F)cc3Cl)cc2)CC1. The van der Waals surface area contributed by atoms with Gasteiger partial charge >= 0.3 is 0 Å². The van der Waals surface area contributed by atoms with E-state index in [4.69, 9.17) is 11.6 Å². The minimum atomic E-state index is -0.535. The van der Waals surface area contributed by atoms with Gasteiger partial charge in [0.1, 0.15) is 11.5 Å². The van der Waals surface area contributed by atoms with Crippen LogP contribution in [0, 0.1) is 11.7 Å². The van der Waals surface area contributed by atoms with E-state index >= 15 is 0 Å². The van der Waals surface area contributed by atoms with Gasteiger partial charge in [-0.15, -0.1) is 0 Å². The van der Waals surface area contributed by atoms with Crippen LogP contribution in [-0.4, -0.2) is 59.3 Å². The Kier molecular flexibility index (Phi) is 7.97. The van der Waals surface area contributed by atoms with E-state index < -0.39 is 23.5 Å². The summed E-state index contributed by atoms with van der Waals surface area (Å²) in [4.78, 5) is 46.8. The van der Waals surface area contributed by atoms with Crippen LogP contribution in [0.15, 0.2) is 48.8 Å². The summed E-state index contributed by atoms with van der Waals surface area (Å²) in [6, 6.07) is 9.88. The van der Waals surface area contributed by atoms with Crippen molar-refractivity contribution in [2.45, 2.75) is 12.8 Å². The summed E-state index contributed by atoms with van der Waals surface area (Å²) in [7, 11) is 2.08. The van der Waals surface area contributed by atoms with Gasteiger partial charge in [-0.2, -0.15) is 0 Å².